The molecule has 6 nitrogen and oxygen atoms in total. The Morgan fingerprint density at radius 2 is 1.60 bits per heavy atom. The van der Waals surface area contributed by atoms with Crippen LogP contribution in [0, 0.1) is 10.1 Å². The first-order valence-electron chi connectivity index (χ1n) is 7.40. The van der Waals surface area contributed by atoms with E-state index in [9.17, 15) is 20.0 Å². The van der Waals surface area contributed by atoms with Gasteiger partial charge in [0.2, 0.25) is 0 Å². The van der Waals surface area contributed by atoms with Crippen LogP contribution in [0.25, 0.3) is 0 Å². The number of phenols is 1. The molecule has 3 aromatic rings. The Hall–Kier alpha value is -3.67. The van der Waals surface area contributed by atoms with Gasteiger partial charge in [-0.1, -0.05) is 42.5 Å². The molecule has 25 heavy (non-hydrogen) atoms. The first-order valence-corrected chi connectivity index (χ1v) is 7.40. The summed E-state index contributed by atoms with van der Waals surface area (Å²) in [5.74, 6) is -0.229. The standard InChI is InChI=1S/C19H13NO5/c21-16-8-4-5-9-18(16)25-17-11-10-14(20(23)24)12-15(17)19(22)13-6-2-1-3-7-13/h1-12,21H/i4+1,5+1,8+1,9+1,16+1,18+1. The number of hydrogen-bond acceptors (Lipinski definition) is 5. The maximum absolute atomic E-state index is 12.8. The quantitative estimate of drug-likeness (QED) is 0.424. The van der Waals surface area contributed by atoms with Gasteiger partial charge in [-0.2, -0.15) is 0 Å². The molecule has 124 valence electrons. The molecule has 6 heteroatoms. The third-order valence-corrected chi connectivity index (χ3v) is 3.54. The number of carbonyl (C=O) groups excluding carboxylic acids is 1. The Labute approximate surface area is 143 Å². The van der Waals surface area contributed by atoms with Crippen molar-refractivity contribution in [3.63, 3.8) is 0 Å². The number of nitro groups is 1. The van der Waals surface area contributed by atoms with Crippen molar-refractivity contribution in [3.8, 4) is 17.2 Å². The maximum atomic E-state index is 12.8. The number of nitro benzene ring substituents is 1. The normalized spacial score (nSPS) is 10.2. The van der Waals surface area contributed by atoms with Gasteiger partial charge in [-0.3, -0.25) is 14.9 Å². The molecule has 0 fully saturated rings. The van der Waals surface area contributed by atoms with Gasteiger partial charge < -0.3 is 9.84 Å². The van der Waals surface area contributed by atoms with E-state index >= 15 is 0 Å². The van der Waals surface area contributed by atoms with Gasteiger partial charge in [0.25, 0.3) is 5.69 Å². The summed E-state index contributed by atoms with van der Waals surface area (Å²) in [6, 6.07) is 18.4. The molecular weight excluding hydrogens is 328 g/mol. The molecule has 0 aliphatic carbocycles. The highest BCUT2D eigenvalue weighted by Crippen LogP contribution is 2.34. The number of hydrogen-bond donors (Lipinski definition) is 1. The number of non-ortho nitro benzene ring substituents is 1. The zero-order valence-electron chi connectivity index (χ0n) is 13.0. The third kappa shape index (κ3) is 3.48. The Kier molecular flexibility index (Phi) is 4.43. The van der Waals surface area contributed by atoms with Gasteiger partial charge in [-0.15, -0.1) is 0 Å². The zero-order chi connectivity index (χ0) is 17.8. The molecule has 1 N–H and O–H groups in total. The third-order valence-electron chi connectivity index (χ3n) is 3.54. The fraction of sp³-hybridized carbons (Fsp3) is 0. The van der Waals surface area contributed by atoms with E-state index in [4.69, 9.17) is 4.74 Å². The molecule has 3 rings (SSSR count). The SMILES string of the molecule is O=C(c1ccccc1)c1cc([N+](=O)[O-])ccc1O[13c]1[13cH][13cH][13cH][13cH][13c]1O. The van der Waals surface area contributed by atoms with Gasteiger partial charge in [0, 0.05) is 17.7 Å². The number of ketones is 1. The Balaban J connectivity index is 2.07. The van der Waals surface area contributed by atoms with Crippen molar-refractivity contribution < 1.29 is 19.6 Å². The van der Waals surface area contributed by atoms with Crippen LogP contribution in [0.1, 0.15) is 15.9 Å². The van der Waals surface area contributed by atoms with E-state index in [0.29, 0.717) is 5.56 Å². The number of ether oxygens (including phenoxy) is 1. The number of nitrogens with zero attached hydrogens (tertiary/aromatic N) is 1. The number of para-hydroxylation sites is 2. The highest BCUT2D eigenvalue weighted by Gasteiger charge is 2.20. The second-order valence-corrected chi connectivity index (χ2v) is 5.20. The molecule has 0 saturated heterocycles. The van der Waals surface area contributed by atoms with E-state index in [-0.39, 0.29) is 28.5 Å². The van der Waals surface area contributed by atoms with Crippen LogP contribution >= 0.6 is 0 Å². The van der Waals surface area contributed by atoms with Crippen molar-refractivity contribution in [2.75, 3.05) is 0 Å². The molecule has 0 saturated carbocycles. The Morgan fingerprint density at radius 1 is 0.920 bits per heavy atom. The second-order valence-electron chi connectivity index (χ2n) is 5.20. The largest absolute Gasteiger partial charge is 0.504 e. The summed E-state index contributed by atoms with van der Waals surface area (Å²) in [6.07, 6.45) is 0. The predicted octanol–water partition coefficient (Wildman–Crippen LogP) is 4.32. The highest BCUT2D eigenvalue weighted by atomic mass is 16.6. The lowest BCUT2D eigenvalue weighted by Gasteiger charge is -2.11. The van der Waals surface area contributed by atoms with Crippen LogP contribution in [0.5, 0.6) is 17.2 Å². The molecule has 0 aliphatic heterocycles. The van der Waals surface area contributed by atoms with Crippen molar-refractivity contribution in [2.45, 2.75) is 0 Å². The van der Waals surface area contributed by atoms with Crippen molar-refractivity contribution >= 4 is 11.5 Å². The van der Waals surface area contributed by atoms with E-state index in [2.05, 4.69) is 0 Å². The summed E-state index contributed by atoms with van der Waals surface area (Å²) in [7, 11) is 0. The summed E-state index contributed by atoms with van der Waals surface area (Å²) in [4.78, 5) is 23.2. The van der Waals surface area contributed by atoms with E-state index in [1.54, 1.807) is 42.5 Å². The molecule has 3 aromatic carbocycles. The number of benzene rings is 3. The van der Waals surface area contributed by atoms with Gasteiger partial charge in [-0.25, -0.2) is 0 Å². The van der Waals surface area contributed by atoms with E-state index in [1.807, 2.05) is 0 Å². The zero-order valence-corrected chi connectivity index (χ0v) is 13.0. The molecule has 0 spiro atoms. The maximum Gasteiger partial charge on any atom is 0.270 e. The van der Waals surface area contributed by atoms with E-state index in [1.165, 1.54) is 30.3 Å². The number of aromatic hydroxyl groups is 1. The van der Waals surface area contributed by atoms with Gasteiger partial charge in [0.15, 0.2) is 17.3 Å². The lowest BCUT2D eigenvalue weighted by molar-refractivity contribution is -0.384. The molecular formula is C19H13NO5. The fourth-order valence-electron chi connectivity index (χ4n) is 2.30. The summed E-state index contributed by atoms with van der Waals surface area (Å²) >= 11 is 0. The van der Waals surface area contributed by atoms with Crippen molar-refractivity contribution in [3.05, 3.63) is 94.0 Å². The van der Waals surface area contributed by atoms with Crippen LogP contribution in [0.15, 0.2) is 72.8 Å². The monoisotopic (exact) mass is 341 g/mol. The minimum atomic E-state index is -0.578. The van der Waals surface area contributed by atoms with E-state index in [0.717, 1.165) is 0 Å². The highest BCUT2D eigenvalue weighted by molar-refractivity contribution is 6.11. The molecule has 0 heterocycles. The molecule has 0 bridgehead atoms. The van der Waals surface area contributed by atoms with Gasteiger partial charge in [0.1, 0.15) is 5.75 Å². The predicted molar refractivity (Wildman–Crippen MR) is 91.2 cm³/mol. The molecule has 0 aromatic heterocycles. The average Bonchev–Trinajstić information content (AvgIpc) is 2.64. The number of phenolic OH excluding ortho intramolecular Hbond substituents is 1. The van der Waals surface area contributed by atoms with Crippen LogP contribution in [0.4, 0.5) is 5.69 Å². The van der Waals surface area contributed by atoms with Crippen molar-refractivity contribution in [1.82, 2.24) is 0 Å². The van der Waals surface area contributed by atoms with Crippen molar-refractivity contribution in [1.29, 1.82) is 0 Å². The van der Waals surface area contributed by atoms with Crippen LogP contribution in [-0.2, 0) is 0 Å². The smallest absolute Gasteiger partial charge is 0.270 e. The summed E-state index contributed by atoms with van der Waals surface area (Å²) in [6.45, 7) is 0. The minimum absolute atomic E-state index is 0.0450. The van der Waals surface area contributed by atoms with Gasteiger partial charge in [0.05, 0.1) is 10.5 Å². The summed E-state index contributed by atoms with van der Waals surface area (Å²) in [5.41, 5.74) is 0.206. The topological polar surface area (TPSA) is 89.7 Å². The molecule has 0 unspecified atom stereocenters. The summed E-state index contributed by atoms with van der Waals surface area (Å²) < 4.78 is 5.62. The first-order chi connectivity index (χ1) is 12.1. The van der Waals surface area contributed by atoms with Crippen molar-refractivity contribution in [2.24, 2.45) is 0 Å². The van der Waals surface area contributed by atoms with Gasteiger partial charge in [-0.05, 0) is 18.2 Å². The molecule has 0 amide bonds. The van der Waals surface area contributed by atoms with Crippen LogP contribution in [0.2, 0.25) is 0 Å². The molecule has 0 aliphatic rings. The van der Waals surface area contributed by atoms with Gasteiger partial charge >= 0.3 is 0 Å². The molecule has 0 atom stereocenters. The van der Waals surface area contributed by atoms with Crippen LogP contribution in [-0.4, -0.2) is 15.8 Å². The number of rotatable bonds is 5. The van der Waals surface area contributed by atoms with Crippen LogP contribution in [0.3, 0.4) is 0 Å². The van der Waals surface area contributed by atoms with Crippen LogP contribution < -0.4 is 4.74 Å². The lowest BCUT2D eigenvalue weighted by atomic mass is 10.0. The van der Waals surface area contributed by atoms with E-state index < -0.39 is 10.7 Å². The first kappa shape index (κ1) is 16.2. The number of carbonyl (C=O) groups is 1. The average molecular weight is 341 g/mol. The Bertz CT molecular complexity index is 938. The second kappa shape index (κ2) is 6.84. The molecule has 0 radical (unpaired) electrons. The summed E-state index contributed by atoms with van der Waals surface area (Å²) in [5, 5.41) is 20.9. The Morgan fingerprint density at radius 3 is 2.28 bits per heavy atom. The lowest BCUT2D eigenvalue weighted by Crippen LogP contribution is -2.04. The fourth-order valence-corrected chi connectivity index (χ4v) is 2.30. The minimum Gasteiger partial charge on any atom is -0.504 e.